The van der Waals surface area contributed by atoms with E-state index >= 15 is 0 Å². The van der Waals surface area contributed by atoms with Gasteiger partial charge in [-0.2, -0.15) is 5.10 Å². The van der Waals surface area contributed by atoms with E-state index in [-0.39, 0.29) is 0 Å². The smallest absolute Gasteiger partial charge is 0.153 e. The minimum atomic E-state index is 0.360. The summed E-state index contributed by atoms with van der Waals surface area (Å²) in [5.74, 6) is 2.66. The Morgan fingerprint density at radius 2 is 2.20 bits per heavy atom. The summed E-state index contributed by atoms with van der Waals surface area (Å²) in [5.41, 5.74) is 0. The fourth-order valence-corrected chi connectivity index (χ4v) is 2.11. The summed E-state index contributed by atoms with van der Waals surface area (Å²) in [6.45, 7) is 0.911. The highest BCUT2D eigenvalue weighted by atomic mass is 16.5. The first-order valence-electron chi connectivity index (χ1n) is 5.94. The zero-order chi connectivity index (χ0) is 10.1. The molecule has 3 rings (SSSR count). The fourth-order valence-electron chi connectivity index (χ4n) is 2.11. The van der Waals surface area contributed by atoms with Gasteiger partial charge in [0.05, 0.1) is 6.10 Å². The molecule has 1 aromatic rings. The van der Waals surface area contributed by atoms with Gasteiger partial charge in [0.2, 0.25) is 0 Å². The molecule has 1 saturated carbocycles. The van der Waals surface area contributed by atoms with Gasteiger partial charge >= 0.3 is 0 Å². The molecule has 4 heteroatoms. The summed E-state index contributed by atoms with van der Waals surface area (Å²) in [6, 6.07) is 0. The van der Waals surface area contributed by atoms with Gasteiger partial charge in [0.15, 0.2) is 5.82 Å². The van der Waals surface area contributed by atoms with Crippen LogP contribution in [0.5, 0.6) is 0 Å². The van der Waals surface area contributed by atoms with Crippen molar-refractivity contribution in [3.63, 3.8) is 0 Å². The molecule has 15 heavy (non-hydrogen) atoms. The first-order chi connectivity index (χ1) is 7.42. The number of nitrogens with one attached hydrogen (secondary N) is 1. The summed E-state index contributed by atoms with van der Waals surface area (Å²) in [7, 11) is 0. The predicted molar refractivity (Wildman–Crippen MR) is 55.7 cm³/mol. The monoisotopic (exact) mass is 207 g/mol. The molecule has 1 aliphatic heterocycles. The average molecular weight is 207 g/mol. The van der Waals surface area contributed by atoms with Crippen molar-refractivity contribution in [1.29, 1.82) is 0 Å². The van der Waals surface area contributed by atoms with Gasteiger partial charge in [-0.15, -0.1) is 0 Å². The summed E-state index contributed by atoms with van der Waals surface area (Å²) >= 11 is 0. The van der Waals surface area contributed by atoms with E-state index in [0.29, 0.717) is 12.0 Å². The second-order valence-electron chi connectivity index (χ2n) is 4.61. The molecule has 1 aromatic heterocycles. The lowest BCUT2D eigenvalue weighted by Crippen LogP contribution is -2.21. The first-order valence-corrected chi connectivity index (χ1v) is 5.94. The molecule has 1 unspecified atom stereocenters. The number of aromatic amines is 1. The summed E-state index contributed by atoms with van der Waals surface area (Å²) in [6.07, 6.45) is 7.45. The largest absolute Gasteiger partial charge is 0.378 e. The van der Waals surface area contributed by atoms with E-state index in [1.54, 1.807) is 0 Å². The van der Waals surface area contributed by atoms with E-state index in [4.69, 9.17) is 4.74 Å². The van der Waals surface area contributed by atoms with E-state index in [1.165, 1.54) is 32.1 Å². The highest BCUT2D eigenvalue weighted by Gasteiger charge is 2.28. The van der Waals surface area contributed by atoms with Crippen LogP contribution in [-0.4, -0.2) is 27.9 Å². The lowest BCUT2D eigenvalue weighted by Gasteiger charge is -2.21. The Bertz CT molecular complexity index is 326. The Morgan fingerprint density at radius 3 is 2.93 bits per heavy atom. The van der Waals surface area contributed by atoms with Gasteiger partial charge < -0.3 is 4.74 Å². The maximum Gasteiger partial charge on any atom is 0.153 e. The Balaban J connectivity index is 1.60. The number of hydrogen-bond acceptors (Lipinski definition) is 3. The Kier molecular flexibility index (Phi) is 2.44. The van der Waals surface area contributed by atoms with E-state index in [1.807, 2.05) is 0 Å². The highest BCUT2D eigenvalue weighted by Crippen LogP contribution is 2.37. The van der Waals surface area contributed by atoms with E-state index in [2.05, 4.69) is 15.2 Å². The van der Waals surface area contributed by atoms with Crippen molar-refractivity contribution in [1.82, 2.24) is 15.2 Å². The van der Waals surface area contributed by atoms with Crippen LogP contribution < -0.4 is 0 Å². The second kappa shape index (κ2) is 3.93. The van der Waals surface area contributed by atoms with Crippen molar-refractivity contribution in [2.24, 2.45) is 0 Å². The lowest BCUT2D eigenvalue weighted by atomic mass is 10.1. The zero-order valence-electron chi connectivity index (χ0n) is 8.91. The molecule has 0 bridgehead atoms. The molecule has 0 amide bonds. The topological polar surface area (TPSA) is 50.8 Å². The molecule has 2 aliphatic rings. The van der Waals surface area contributed by atoms with Crippen molar-refractivity contribution < 1.29 is 4.74 Å². The van der Waals surface area contributed by atoms with Gasteiger partial charge in [-0.3, -0.25) is 5.10 Å². The van der Waals surface area contributed by atoms with E-state index in [9.17, 15) is 0 Å². The molecule has 0 radical (unpaired) electrons. The first kappa shape index (κ1) is 9.33. The van der Waals surface area contributed by atoms with Gasteiger partial charge in [-0.1, -0.05) is 0 Å². The Hall–Kier alpha value is -0.900. The van der Waals surface area contributed by atoms with Crippen molar-refractivity contribution in [2.45, 2.75) is 50.5 Å². The molecular formula is C11H17N3O. The molecule has 1 saturated heterocycles. The number of aromatic nitrogens is 3. The quantitative estimate of drug-likeness (QED) is 0.822. The maximum atomic E-state index is 5.68. The number of nitrogens with zero attached hydrogens (tertiary/aromatic N) is 2. The van der Waals surface area contributed by atoms with Crippen LogP contribution in [0.2, 0.25) is 0 Å². The van der Waals surface area contributed by atoms with Gasteiger partial charge in [-0.05, 0) is 32.1 Å². The van der Waals surface area contributed by atoms with Gasteiger partial charge in [0.25, 0.3) is 0 Å². The molecule has 4 nitrogen and oxygen atoms in total. The van der Waals surface area contributed by atoms with Crippen LogP contribution in [0.4, 0.5) is 0 Å². The number of rotatable bonds is 3. The molecule has 2 heterocycles. The zero-order valence-corrected chi connectivity index (χ0v) is 8.91. The standard InChI is InChI=1S/C11H17N3O/c1-2-6-15-9(3-1)7-10-12-11(14-13-10)8-4-5-8/h8-9H,1-7H2,(H,12,13,14). The highest BCUT2D eigenvalue weighted by molar-refractivity contribution is 5.05. The molecule has 0 spiro atoms. The SMILES string of the molecule is C1CCC(Cc2nc(C3CC3)n[nH]2)OC1. The summed E-state index contributed by atoms with van der Waals surface area (Å²) in [4.78, 5) is 4.52. The van der Waals surface area contributed by atoms with Crippen LogP contribution in [0.15, 0.2) is 0 Å². The second-order valence-corrected chi connectivity index (χ2v) is 4.61. The van der Waals surface area contributed by atoms with Crippen molar-refractivity contribution >= 4 is 0 Å². The van der Waals surface area contributed by atoms with Gasteiger partial charge in [0, 0.05) is 18.9 Å². The average Bonchev–Trinajstić information content (AvgIpc) is 3.02. The molecule has 2 fully saturated rings. The molecule has 0 aromatic carbocycles. The predicted octanol–water partition coefficient (Wildman–Crippen LogP) is 1.79. The number of ether oxygens (including phenoxy) is 1. The van der Waals surface area contributed by atoms with Crippen LogP contribution >= 0.6 is 0 Å². The third kappa shape index (κ3) is 2.20. The van der Waals surface area contributed by atoms with Crippen LogP contribution in [0, 0.1) is 0 Å². The number of H-pyrrole nitrogens is 1. The van der Waals surface area contributed by atoms with E-state index in [0.717, 1.165) is 24.7 Å². The third-order valence-corrected chi connectivity index (χ3v) is 3.19. The van der Waals surface area contributed by atoms with Crippen molar-refractivity contribution in [3.05, 3.63) is 11.6 Å². The normalized spacial score (nSPS) is 26.8. The minimum Gasteiger partial charge on any atom is -0.378 e. The number of hydrogen-bond donors (Lipinski definition) is 1. The van der Waals surface area contributed by atoms with Crippen molar-refractivity contribution in [3.8, 4) is 0 Å². The fraction of sp³-hybridized carbons (Fsp3) is 0.818. The summed E-state index contributed by atoms with van der Waals surface area (Å²) in [5, 5.41) is 7.29. The Labute approximate surface area is 89.4 Å². The van der Waals surface area contributed by atoms with Gasteiger partial charge in [0.1, 0.15) is 5.82 Å². The van der Waals surface area contributed by atoms with E-state index < -0.39 is 0 Å². The Morgan fingerprint density at radius 1 is 1.27 bits per heavy atom. The van der Waals surface area contributed by atoms with Crippen LogP contribution in [0.1, 0.15) is 49.7 Å². The van der Waals surface area contributed by atoms with Crippen LogP contribution in [0.25, 0.3) is 0 Å². The molecule has 82 valence electrons. The van der Waals surface area contributed by atoms with Crippen molar-refractivity contribution in [2.75, 3.05) is 6.61 Å². The summed E-state index contributed by atoms with van der Waals surface area (Å²) < 4.78 is 5.68. The van der Waals surface area contributed by atoms with Gasteiger partial charge in [-0.25, -0.2) is 4.98 Å². The minimum absolute atomic E-state index is 0.360. The molecular weight excluding hydrogens is 190 g/mol. The molecule has 1 atom stereocenters. The molecule has 1 aliphatic carbocycles. The lowest BCUT2D eigenvalue weighted by molar-refractivity contribution is 0.0157. The third-order valence-electron chi connectivity index (χ3n) is 3.19. The van der Waals surface area contributed by atoms with Crippen LogP contribution in [0.3, 0.4) is 0 Å². The van der Waals surface area contributed by atoms with Crippen LogP contribution in [-0.2, 0) is 11.2 Å². The molecule has 1 N–H and O–H groups in total. The maximum absolute atomic E-state index is 5.68.